The number of methoxy groups -OCH3 is 1. The maximum Gasteiger partial charge on any atom is 0.262 e. The Kier molecular flexibility index (Phi) is 7.25. The quantitative estimate of drug-likeness (QED) is 0.472. The van der Waals surface area contributed by atoms with Crippen LogP contribution in [0.25, 0.3) is 0 Å². The van der Waals surface area contributed by atoms with Crippen LogP contribution in [0.2, 0.25) is 0 Å². The van der Waals surface area contributed by atoms with E-state index in [9.17, 15) is 9.59 Å². The van der Waals surface area contributed by atoms with Gasteiger partial charge in [0, 0.05) is 5.69 Å². The first kappa shape index (κ1) is 20.9. The monoisotopic (exact) mass is 476 g/mol. The van der Waals surface area contributed by atoms with Crippen LogP contribution in [0.5, 0.6) is 11.5 Å². The fourth-order valence-electron chi connectivity index (χ4n) is 2.34. The topological polar surface area (TPSA) is 101 Å². The first-order valence-electron chi connectivity index (χ1n) is 8.44. The van der Waals surface area contributed by atoms with Crippen molar-refractivity contribution in [1.29, 1.82) is 0 Å². The van der Waals surface area contributed by atoms with E-state index in [1.807, 2.05) is 18.2 Å². The molecule has 0 radical (unpaired) electrons. The zero-order chi connectivity index (χ0) is 20.6. The molecule has 0 saturated carbocycles. The Morgan fingerprint density at radius 3 is 2.83 bits per heavy atom. The van der Waals surface area contributed by atoms with E-state index in [0.717, 1.165) is 0 Å². The van der Waals surface area contributed by atoms with E-state index in [0.29, 0.717) is 38.1 Å². The standard InChI is InChI=1S/C19H17BrN4O4S/c1-27-15-8-12(9-21-24-19-23-17(26)11-29-19)7-14(20)18(15)28-10-16(25)22-13-5-3-2-4-6-13/h2-9H,10-11H2,1H3,(H,22,25)(H,23,24,26). The number of amides is 2. The van der Waals surface area contributed by atoms with E-state index in [1.54, 1.807) is 24.3 Å². The number of nitrogens with one attached hydrogen (secondary N) is 2. The van der Waals surface area contributed by atoms with Crippen molar-refractivity contribution < 1.29 is 19.1 Å². The van der Waals surface area contributed by atoms with Gasteiger partial charge in [-0.25, -0.2) is 0 Å². The molecule has 1 fully saturated rings. The first-order chi connectivity index (χ1) is 14.0. The second-order valence-corrected chi connectivity index (χ2v) is 7.54. The highest BCUT2D eigenvalue weighted by Crippen LogP contribution is 2.36. The van der Waals surface area contributed by atoms with Gasteiger partial charge in [0.05, 0.1) is 23.5 Å². The molecule has 1 heterocycles. The highest BCUT2D eigenvalue weighted by Gasteiger charge is 2.16. The van der Waals surface area contributed by atoms with E-state index < -0.39 is 0 Å². The van der Waals surface area contributed by atoms with Crippen LogP contribution in [0.4, 0.5) is 5.69 Å². The second kappa shape index (κ2) is 10.1. The van der Waals surface area contributed by atoms with Crippen LogP contribution in [0, 0.1) is 0 Å². The summed E-state index contributed by atoms with van der Waals surface area (Å²) in [7, 11) is 1.50. The van der Waals surface area contributed by atoms with Gasteiger partial charge in [0.25, 0.3) is 5.91 Å². The summed E-state index contributed by atoms with van der Waals surface area (Å²) in [5.41, 5.74) is 1.39. The van der Waals surface area contributed by atoms with Crippen molar-refractivity contribution in [3.63, 3.8) is 0 Å². The Hall–Kier alpha value is -2.85. The number of amidine groups is 1. The molecule has 29 heavy (non-hydrogen) atoms. The summed E-state index contributed by atoms with van der Waals surface area (Å²) >= 11 is 4.72. The lowest BCUT2D eigenvalue weighted by atomic mass is 10.2. The molecule has 2 aromatic carbocycles. The zero-order valence-electron chi connectivity index (χ0n) is 15.3. The minimum atomic E-state index is -0.289. The van der Waals surface area contributed by atoms with Crippen LogP contribution < -0.4 is 20.1 Å². The molecule has 0 unspecified atom stereocenters. The number of hydrogen-bond donors (Lipinski definition) is 2. The maximum absolute atomic E-state index is 12.1. The third-order valence-electron chi connectivity index (χ3n) is 3.60. The summed E-state index contributed by atoms with van der Waals surface area (Å²) in [5, 5.41) is 13.7. The number of para-hydroxylation sites is 1. The van der Waals surface area contributed by atoms with Gasteiger partial charge in [-0.3, -0.25) is 9.59 Å². The zero-order valence-corrected chi connectivity index (χ0v) is 17.7. The van der Waals surface area contributed by atoms with Crippen molar-refractivity contribution in [3.05, 3.63) is 52.5 Å². The van der Waals surface area contributed by atoms with Crippen molar-refractivity contribution >= 4 is 56.6 Å². The number of thioether (sulfide) groups is 1. The Balaban J connectivity index is 1.65. The summed E-state index contributed by atoms with van der Waals surface area (Å²) < 4.78 is 11.6. The van der Waals surface area contributed by atoms with Crippen LogP contribution in [0.15, 0.2) is 57.1 Å². The summed E-state index contributed by atoms with van der Waals surface area (Å²) in [6.45, 7) is -0.179. The van der Waals surface area contributed by atoms with Gasteiger partial charge in [-0.05, 0) is 45.8 Å². The average Bonchev–Trinajstić information content (AvgIpc) is 3.12. The van der Waals surface area contributed by atoms with Gasteiger partial charge < -0.3 is 20.1 Å². The lowest BCUT2D eigenvalue weighted by Gasteiger charge is -2.13. The molecular weight excluding hydrogens is 460 g/mol. The molecule has 150 valence electrons. The van der Waals surface area contributed by atoms with Gasteiger partial charge in [0.2, 0.25) is 5.91 Å². The normalized spacial score (nSPS) is 14.8. The molecule has 8 nitrogen and oxygen atoms in total. The lowest BCUT2D eigenvalue weighted by Crippen LogP contribution is -2.20. The molecule has 10 heteroatoms. The number of nitrogens with zero attached hydrogens (tertiary/aromatic N) is 2. The van der Waals surface area contributed by atoms with Crippen molar-refractivity contribution in [3.8, 4) is 11.5 Å². The van der Waals surface area contributed by atoms with Crippen LogP contribution in [0.1, 0.15) is 5.56 Å². The molecule has 0 aromatic heterocycles. The van der Waals surface area contributed by atoms with Crippen LogP contribution in [0.3, 0.4) is 0 Å². The second-order valence-electron chi connectivity index (χ2n) is 5.72. The number of carbonyl (C=O) groups is 2. The number of anilines is 1. The first-order valence-corrected chi connectivity index (χ1v) is 10.2. The number of benzene rings is 2. The number of carbonyl (C=O) groups excluding carboxylic acids is 2. The van der Waals surface area contributed by atoms with Crippen LogP contribution in [-0.2, 0) is 9.59 Å². The highest BCUT2D eigenvalue weighted by molar-refractivity contribution is 9.10. The fraction of sp³-hybridized carbons (Fsp3) is 0.158. The fourth-order valence-corrected chi connectivity index (χ4v) is 3.54. The molecule has 1 aliphatic heterocycles. The van der Waals surface area contributed by atoms with Gasteiger partial charge in [-0.2, -0.15) is 5.10 Å². The smallest absolute Gasteiger partial charge is 0.262 e. The minimum absolute atomic E-state index is 0.0915. The van der Waals surface area contributed by atoms with E-state index in [2.05, 4.69) is 36.8 Å². The van der Waals surface area contributed by atoms with Gasteiger partial charge in [-0.1, -0.05) is 30.0 Å². The molecule has 2 aromatic rings. The summed E-state index contributed by atoms with van der Waals surface area (Å²) in [4.78, 5) is 23.2. The summed E-state index contributed by atoms with van der Waals surface area (Å²) in [6, 6.07) is 12.6. The van der Waals surface area contributed by atoms with Crippen molar-refractivity contribution in [2.75, 3.05) is 24.8 Å². The summed E-state index contributed by atoms with van der Waals surface area (Å²) in [5.74, 6) is 0.800. The van der Waals surface area contributed by atoms with E-state index in [-0.39, 0.29) is 18.4 Å². The number of hydrogen-bond acceptors (Lipinski definition) is 7. The third-order valence-corrected chi connectivity index (χ3v) is 5.05. The van der Waals surface area contributed by atoms with Gasteiger partial charge in [-0.15, -0.1) is 5.10 Å². The molecule has 1 saturated heterocycles. The summed E-state index contributed by atoms with van der Waals surface area (Å²) in [6.07, 6.45) is 1.53. The molecule has 3 rings (SSSR count). The maximum atomic E-state index is 12.1. The van der Waals surface area contributed by atoms with Gasteiger partial charge >= 0.3 is 0 Å². The molecule has 2 N–H and O–H groups in total. The third kappa shape index (κ3) is 6.06. The molecule has 2 amide bonds. The number of rotatable bonds is 7. The largest absolute Gasteiger partial charge is 0.493 e. The van der Waals surface area contributed by atoms with Crippen LogP contribution in [-0.4, -0.2) is 42.7 Å². The number of halogens is 1. The minimum Gasteiger partial charge on any atom is -0.493 e. The molecule has 0 bridgehead atoms. The predicted octanol–water partition coefficient (Wildman–Crippen LogP) is 3.03. The molecule has 1 aliphatic rings. The Labute approximate surface area is 179 Å². The molecule has 0 atom stereocenters. The number of ether oxygens (including phenoxy) is 2. The Morgan fingerprint density at radius 1 is 1.34 bits per heavy atom. The average molecular weight is 477 g/mol. The highest BCUT2D eigenvalue weighted by atomic mass is 79.9. The molecule has 0 aliphatic carbocycles. The SMILES string of the molecule is COc1cc(C=NN=C2NC(=O)CS2)cc(Br)c1OCC(=O)Nc1ccccc1. The Morgan fingerprint density at radius 2 is 2.14 bits per heavy atom. The molecular formula is C19H17BrN4O4S. The van der Waals surface area contributed by atoms with Gasteiger partial charge in [0.1, 0.15) is 0 Å². The van der Waals surface area contributed by atoms with E-state index in [4.69, 9.17) is 9.47 Å². The van der Waals surface area contributed by atoms with Crippen molar-refractivity contribution in [2.45, 2.75) is 0 Å². The van der Waals surface area contributed by atoms with Crippen molar-refractivity contribution in [2.24, 2.45) is 10.2 Å². The predicted molar refractivity (Wildman–Crippen MR) is 117 cm³/mol. The van der Waals surface area contributed by atoms with E-state index >= 15 is 0 Å². The van der Waals surface area contributed by atoms with E-state index in [1.165, 1.54) is 25.1 Å². The lowest BCUT2D eigenvalue weighted by molar-refractivity contribution is -0.118. The Bertz CT molecular complexity index is 966. The van der Waals surface area contributed by atoms with Crippen molar-refractivity contribution in [1.82, 2.24) is 5.32 Å². The van der Waals surface area contributed by atoms with Gasteiger partial charge in [0.15, 0.2) is 23.3 Å². The van der Waals surface area contributed by atoms with Crippen LogP contribution >= 0.6 is 27.7 Å². The molecule has 0 spiro atoms.